The second-order valence-electron chi connectivity index (χ2n) is 5.96. The van der Waals surface area contributed by atoms with E-state index in [-0.39, 0.29) is 6.16 Å². The molecule has 0 radical (unpaired) electrons. The molecule has 1 atom stereocenters. The Labute approximate surface area is 134 Å². The monoisotopic (exact) mass is 340 g/mol. The normalized spacial score (nSPS) is 14.2. The fourth-order valence-corrected chi connectivity index (χ4v) is 6.25. The number of rotatable bonds is 11. The summed E-state index contributed by atoms with van der Waals surface area (Å²) in [5, 5.41) is 0. The molecule has 0 aromatic carbocycles. The lowest BCUT2D eigenvalue weighted by molar-refractivity contribution is -0.195. The lowest BCUT2D eigenvalue weighted by Gasteiger charge is -2.22. The van der Waals surface area contributed by atoms with Gasteiger partial charge < -0.3 is 14.0 Å². The summed E-state index contributed by atoms with van der Waals surface area (Å²) in [6, 6.07) is 0. The van der Waals surface area contributed by atoms with Crippen LogP contribution in [0.15, 0.2) is 0 Å². The zero-order valence-electron chi connectivity index (χ0n) is 15.2. The zero-order valence-corrected chi connectivity index (χ0v) is 17.0. The van der Waals surface area contributed by atoms with Crippen molar-refractivity contribution in [3.8, 4) is 0 Å². The molecule has 0 amide bonds. The summed E-state index contributed by atoms with van der Waals surface area (Å²) in [6.45, 7) is 11.1. The number of hydrogen-bond donors (Lipinski definition) is 0. The highest BCUT2D eigenvalue weighted by Gasteiger charge is 2.28. The van der Waals surface area contributed by atoms with Crippen LogP contribution in [0.3, 0.4) is 0 Å². The molecule has 0 N–H and O–H groups in total. The standard InChI is InChI=1S/C13H30P.C3H9O3P/c1-5-8-11-14(4,12-9-6-2)13-10-7-3;1-3-7(4,5)6-2/h5-13H2,1-4H3;3H2,1-2H3,(H,4,5)/q+1;/p-1. The van der Waals surface area contributed by atoms with Gasteiger partial charge >= 0.3 is 0 Å². The van der Waals surface area contributed by atoms with Crippen LogP contribution >= 0.6 is 14.9 Å². The van der Waals surface area contributed by atoms with E-state index in [0.29, 0.717) is 0 Å². The van der Waals surface area contributed by atoms with Crippen LogP contribution < -0.4 is 4.89 Å². The fraction of sp³-hybridized carbons (Fsp3) is 1.00. The van der Waals surface area contributed by atoms with Crippen LogP contribution in [0.25, 0.3) is 0 Å². The molecule has 0 aliphatic carbocycles. The van der Waals surface area contributed by atoms with Gasteiger partial charge in [-0.3, -0.25) is 0 Å². The summed E-state index contributed by atoms with van der Waals surface area (Å²) in [5.74, 6) is 0. The Morgan fingerprint density at radius 3 is 1.38 bits per heavy atom. The molecule has 0 rings (SSSR count). The lowest BCUT2D eigenvalue weighted by Crippen LogP contribution is -2.07. The largest absolute Gasteiger partial charge is 0.779 e. The average molecular weight is 340 g/mol. The van der Waals surface area contributed by atoms with Gasteiger partial charge in [-0.15, -0.1) is 0 Å². The predicted molar refractivity (Wildman–Crippen MR) is 97.3 cm³/mol. The minimum absolute atomic E-state index is 0.0729. The van der Waals surface area contributed by atoms with Crippen molar-refractivity contribution >= 4 is 14.9 Å². The van der Waals surface area contributed by atoms with E-state index in [2.05, 4.69) is 32.0 Å². The third-order valence-corrected chi connectivity index (χ3v) is 9.34. The Bertz CT molecular complexity index is 240. The van der Waals surface area contributed by atoms with Crippen molar-refractivity contribution in [3.63, 3.8) is 0 Å². The summed E-state index contributed by atoms with van der Waals surface area (Å²) in [6.07, 6.45) is 13.3. The summed E-state index contributed by atoms with van der Waals surface area (Å²) >= 11 is 0. The topological polar surface area (TPSA) is 49.4 Å². The van der Waals surface area contributed by atoms with Crippen molar-refractivity contribution in [2.75, 3.05) is 38.4 Å². The Balaban J connectivity index is 0. The highest BCUT2D eigenvalue weighted by atomic mass is 31.2. The van der Waals surface area contributed by atoms with Crippen molar-refractivity contribution in [2.24, 2.45) is 0 Å². The molecular weight excluding hydrogens is 302 g/mol. The molecule has 5 heteroatoms. The molecule has 1 unspecified atom stereocenters. The molecule has 0 aromatic heterocycles. The van der Waals surface area contributed by atoms with Crippen molar-refractivity contribution in [3.05, 3.63) is 0 Å². The third-order valence-electron chi connectivity index (χ3n) is 3.82. The van der Waals surface area contributed by atoms with Crippen molar-refractivity contribution in [1.29, 1.82) is 0 Å². The maximum absolute atomic E-state index is 10.2. The SMILES string of the molecule is CCCC[P+](C)(CCCC)CCCC.CCP(=O)([O-])OC. The first kappa shape index (κ1) is 23.8. The van der Waals surface area contributed by atoms with Gasteiger partial charge in [0.05, 0.1) is 18.5 Å². The maximum atomic E-state index is 10.2. The summed E-state index contributed by atoms with van der Waals surface area (Å²) < 4.78 is 14.3. The Hall–Kier alpha value is 0.580. The van der Waals surface area contributed by atoms with Crippen LogP contribution in [0.2, 0.25) is 0 Å². The molecular formula is C16H38O3P2. The lowest BCUT2D eigenvalue weighted by atomic mass is 10.4. The average Bonchev–Trinajstić information content (AvgIpc) is 2.50. The van der Waals surface area contributed by atoms with Crippen molar-refractivity contribution in [1.82, 2.24) is 0 Å². The predicted octanol–water partition coefficient (Wildman–Crippen LogP) is 5.24. The minimum atomic E-state index is -3.40. The molecule has 0 aromatic rings. The van der Waals surface area contributed by atoms with Crippen molar-refractivity contribution < 1.29 is 14.0 Å². The fourth-order valence-electron chi connectivity index (χ4n) is 2.08. The van der Waals surface area contributed by atoms with Gasteiger partial charge in [0, 0.05) is 27.2 Å². The van der Waals surface area contributed by atoms with Gasteiger partial charge in [0.1, 0.15) is 7.60 Å². The van der Waals surface area contributed by atoms with E-state index in [4.69, 9.17) is 0 Å². The Morgan fingerprint density at radius 2 is 1.24 bits per heavy atom. The van der Waals surface area contributed by atoms with Crippen LogP contribution in [0, 0.1) is 0 Å². The molecule has 0 saturated carbocycles. The smallest absolute Gasteiger partial charge is 0.134 e. The molecule has 0 aliphatic heterocycles. The first-order valence-corrected chi connectivity index (χ1v) is 13.0. The van der Waals surface area contributed by atoms with E-state index in [1.807, 2.05) is 0 Å². The summed E-state index contributed by atoms with van der Waals surface area (Å²) in [7, 11) is -2.76. The van der Waals surface area contributed by atoms with Crippen LogP contribution in [-0.4, -0.2) is 38.4 Å². The number of hydrogen-bond acceptors (Lipinski definition) is 3. The van der Waals surface area contributed by atoms with Gasteiger partial charge in [-0.2, -0.15) is 0 Å². The molecule has 21 heavy (non-hydrogen) atoms. The van der Waals surface area contributed by atoms with E-state index >= 15 is 0 Å². The van der Waals surface area contributed by atoms with Gasteiger partial charge in [-0.25, -0.2) is 0 Å². The van der Waals surface area contributed by atoms with Gasteiger partial charge in [0.2, 0.25) is 0 Å². The molecule has 0 heterocycles. The Morgan fingerprint density at radius 1 is 0.905 bits per heavy atom. The second kappa shape index (κ2) is 14.2. The van der Waals surface area contributed by atoms with E-state index in [0.717, 1.165) is 7.11 Å². The summed E-state index contributed by atoms with van der Waals surface area (Å²) in [4.78, 5) is 10.2. The molecule has 0 spiro atoms. The van der Waals surface area contributed by atoms with Gasteiger partial charge in [-0.1, -0.05) is 47.0 Å². The molecule has 3 nitrogen and oxygen atoms in total. The van der Waals surface area contributed by atoms with E-state index in [9.17, 15) is 9.46 Å². The van der Waals surface area contributed by atoms with Gasteiger partial charge in [0.25, 0.3) is 0 Å². The number of unbranched alkanes of at least 4 members (excludes halogenated alkanes) is 3. The van der Waals surface area contributed by atoms with Crippen LogP contribution in [0.4, 0.5) is 0 Å². The molecule has 130 valence electrons. The highest BCUT2D eigenvalue weighted by Crippen LogP contribution is 2.57. The Kier molecular flexibility index (Phi) is 16.1. The van der Waals surface area contributed by atoms with E-state index < -0.39 is 14.9 Å². The quantitative estimate of drug-likeness (QED) is 0.483. The molecule has 0 bridgehead atoms. The highest BCUT2D eigenvalue weighted by molar-refractivity contribution is 7.75. The van der Waals surface area contributed by atoms with Crippen LogP contribution in [-0.2, 0) is 9.09 Å². The van der Waals surface area contributed by atoms with Crippen LogP contribution in [0.5, 0.6) is 0 Å². The first-order valence-electron chi connectivity index (χ1n) is 8.50. The van der Waals surface area contributed by atoms with E-state index in [1.54, 1.807) is 18.5 Å². The van der Waals surface area contributed by atoms with Gasteiger partial charge in [-0.05, 0) is 19.3 Å². The third kappa shape index (κ3) is 15.3. The zero-order chi connectivity index (χ0) is 16.8. The molecule has 0 saturated heterocycles. The summed E-state index contributed by atoms with van der Waals surface area (Å²) in [5.41, 5.74) is 0. The van der Waals surface area contributed by atoms with Crippen LogP contribution in [0.1, 0.15) is 66.2 Å². The molecule has 0 aliphatic rings. The minimum Gasteiger partial charge on any atom is -0.779 e. The molecule has 0 fully saturated rings. The van der Waals surface area contributed by atoms with Crippen molar-refractivity contribution in [2.45, 2.75) is 66.2 Å². The van der Waals surface area contributed by atoms with Gasteiger partial charge in [0.15, 0.2) is 0 Å². The first-order chi connectivity index (χ1) is 9.80. The maximum Gasteiger partial charge on any atom is 0.134 e. The van der Waals surface area contributed by atoms with E-state index in [1.165, 1.54) is 45.4 Å². The second-order valence-corrected chi connectivity index (χ2v) is 12.8.